The maximum Gasteiger partial charge on any atom is 0.00628 e. The molecule has 0 radical (unpaired) electrons. The highest BCUT2D eigenvalue weighted by Crippen LogP contribution is 2.53. The Morgan fingerprint density at radius 1 is 0.737 bits per heavy atom. The number of hydrogen-bond acceptors (Lipinski definition) is 0. The average molecular weight is 250 g/mol. The highest BCUT2D eigenvalue weighted by molar-refractivity contribution is 5.81. The second-order valence-corrected chi connectivity index (χ2v) is 6.27. The van der Waals surface area contributed by atoms with Crippen LogP contribution in [0.3, 0.4) is 0 Å². The van der Waals surface area contributed by atoms with Crippen LogP contribution in [0.4, 0.5) is 0 Å². The fourth-order valence-corrected chi connectivity index (χ4v) is 4.45. The summed E-state index contributed by atoms with van der Waals surface area (Å²) in [5.74, 6) is 0.777. The third kappa shape index (κ3) is 1.81. The Hall–Kier alpha value is -1.30. The smallest absolute Gasteiger partial charge is 0.00628 e. The van der Waals surface area contributed by atoms with Gasteiger partial charge in [0.05, 0.1) is 0 Å². The molecule has 98 valence electrons. The van der Waals surface area contributed by atoms with E-state index in [0.29, 0.717) is 0 Å². The van der Waals surface area contributed by atoms with E-state index in [4.69, 9.17) is 0 Å². The van der Waals surface area contributed by atoms with Gasteiger partial charge in [0.25, 0.3) is 0 Å². The summed E-state index contributed by atoms with van der Waals surface area (Å²) in [6.45, 7) is 0. The third-order valence-electron chi connectivity index (χ3n) is 5.22. The molecule has 0 heteroatoms. The number of rotatable bonds is 1. The average Bonchev–Trinajstić information content (AvgIpc) is 2.83. The normalized spacial score (nSPS) is 26.4. The van der Waals surface area contributed by atoms with Gasteiger partial charge >= 0.3 is 0 Å². The number of allylic oxidation sites excluding steroid dienone is 4. The van der Waals surface area contributed by atoms with Crippen molar-refractivity contribution in [2.45, 2.75) is 51.4 Å². The van der Waals surface area contributed by atoms with Gasteiger partial charge in [0.1, 0.15) is 0 Å². The van der Waals surface area contributed by atoms with Gasteiger partial charge in [0, 0.05) is 5.92 Å². The van der Waals surface area contributed by atoms with E-state index >= 15 is 0 Å². The molecule has 0 aliphatic heterocycles. The van der Waals surface area contributed by atoms with Gasteiger partial charge in [-0.3, -0.25) is 0 Å². The van der Waals surface area contributed by atoms with Crippen molar-refractivity contribution >= 4 is 5.57 Å². The Morgan fingerprint density at radius 2 is 1.47 bits per heavy atom. The van der Waals surface area contributed by atoms with Gasteiger partial charge in [-0.15, -0.1) is 0 Å². The molecule has 0 bridgehead atoms. The zero-order valence-electron chi connectivity index (χ0n) is 11.6. The second-order valence-electron chi connectivity index (χ2n) is 6.27. The number of hydrogen-bond donors (Lipinski definition) is 0. The van der Waals surface area contributed by atoms with Crippen LogP contribution in [0.1, 0.15) is 56.9 Å². The molecule has 1 unspecified atom stereocenters. The Kier molecular flexibility index (Phi) is 2.83. The second kappa shape index (κ2) is 4.67. The molecular weight excluding hydrogens is 228 g/mol. The van der Waals surface area contributed by atoms with E-state index < -0.39 is 0 Å². The van der Waals surface area contributed by atoms with Gasteiger partial charge in [0.15, 0.2) is 0 Å². The molecule has 1 atom stereocenters. The summed E-state index contributed by atoms with van der Waals surface area (Å²) in [7, 11) is 0. The first-order chi connectivity index (χ1) is 9.45. The number of benzene rings is 1. The van der Waals surface area contributed by atoms with Crippen LogP contribution >= 0.6 is 0 Å². The maximum absolute atomic E-state index is 2.33. The molecule has 19 heavy (non-hydrogen) atoms. The molecule has 0 saturated heterocycles. The van der Waals surface area contributed by atoms with Gasteiger partial charge in [0.2, 0.25) is 0 Å². The molecular formula is C19H22. The van der Waals surface area contributed by atoms with Crippen molar-refractivity contribution in [3.63, 3.8) is 0 Å². The molecule has 0 amide bonds. The first kappa shape index (κ1) is 11.5. The predicted molar refractivity (Wildman–Crippen MR) is 80.8 cm³/mol. The van der Waals surface area contributed by atoms with Crippen LogP contribution in [0, 0.1) is 5.92 Å². The molecule has 2 saturated carbocycles. The Labute approximate surface area is 116 Å². The van der Waals surface area contributed by atoms with Crippen molar-refractivity contribution in [1.29, 1.82) is 0 Å². The van der Waals surface area contributed by atoms with Crippen LogP contribution in [0.15, 0.2) is 47.1 Å². The van der Waals surface area contributed by atoms with E-state index in [0.717, 1.165) is 5.92 Å². The summed E-state index contributed by atoms with van der Waals surface area (Å²) in [5.41, 5.74) is 8.58. The summed E-state index contributed by atoms with van der Waals surface area (Å²) in [5, 5.41) is 0. The third-order valence-corrected chi connectivity index (χ3v) is 5.22. The molecule has 3 aliphatic rings. The first-order valence-electron chi connectivity index (χ1n) is 7.96. The Balaban J connectivity index is 1.85. The summed E-state index contributed by atoms with van der Waals surface area (Å²) >= 11 is 0. The molecule has 4 rings (SSSR count). The molecule has 0 heterocycles. The van der Waals surface area contributed by atoms with Crippen molar-refractivity contribution in [3.8, 4) is 0 Å². The zero-order valence-corrected chi connectivity index (χ0v) is 11.6. The van der Waals surface area contributed by atoms with Crippen LogP contribution in [-0.4, -0.2) is 0 Å². The van der Waals surface area contributed by atoms with E-state index in [-0.39, 0.29) is 0 Å². The number of fused-ring (bicyclic) bond motifs is 2. The van der Waals surface area contributed by atoms with Crippen LogP contribution in [-0.2, 0) is 0 Å². The maximum atomic E-state index is 2.33. The SMILES string of the molecule is c1ccc(C2=C3CCCCC3=C3CCCCC32)cc1. The zero-order chi connectivity index (χ0) is 12.7. The lowest BCUT2D eigenvalue weighted by atomic mass is 9.80. The highest BCUT2D eigenvalue weighted by Gasteiger charge is 2.35. The quantitative estimate of drug-likeness (QED) is 0.616. The van der Waals surface area contributed by atoms with Crippen molar-refractivity contribution in [2.75, 3.05) is 0 Å². The van der Waals surface area contributed by atoms with E-state index in [1.807, 2.05) is 5.57 Å². The molecule has 0 aromatic heterocycles. The van der Waals surface area contributed by atoms with Crippen molar-refractivity contribution in [2.24, 2.45) is 5.92 Å². The first-order valence-corrected chi connectivity index (χ1v) is 7.96. The van der Waals surface area contributed by atoms with Crippen LogP contribution in [0.5, 0.6) is 0 Å². The van der Waals surface area contributed by atoms with Crippen molar-refractivity contribution < 1.29 is 0 Å². The van der Waals surface area contributed by atoms with Gasteiger partial charge in [-0.05, 0) is 67.2 Å². The van der Waals surface area contributed by atoms with Crippen molar-refractivity contribution in [1.82, 2.24) is 0 Å². The van der Waals surface area contributed by atoms with Crippen molar-refractivity contribution in [3.05, 3.63) is 52.6 Å². The van der Waals surface area contributed by atoms with Crippen LogP contribution in [0.25, 0.3) is 5.57 Å². The summed E-state index contributed by atoms with van der Waals surface area (Å²) in [6.07, 6.45) is 11.1. The standard InChI is InChI=1S/C19H22/c1-2-8-14(9-3-1)19-17-12-6-4-10-15(17)16-11-5-7-13-18(16)19/h1-3,8-9,17H,4-7,10-13H2. The van der Waals surface area contributed by atoms with Crippen LogP contribution in [0.2, 0.25) is 0 Å². The molecule has 0 spiro atoms. The van der Waals surface area contributed by atoms with E-state index in [1.54, 1.807) is 16.7 Å². The largest absolute Gasteiger partial charge is 0.0622 e. The molecule has 0 nitrogen and oxygen atoms in total. The monoisotopic (exact) mass is 250 g/mol. The molecule has 3 aliphatic carbocycles. The summed E-state index contributed by atoms with van der Waals surface area (Å²) in [4.78, 5) is 0. The summed E-state index contributed by atoms with van der Waals surface area (Å²) in [6, 6.07) is 11.2. The minimum atomic E-state index is 0.777. The molecule has 0 N–H and O–H groups in total. The molecule has 1 aromatic rings. The van der Waals surface area contributed by atoms with Gasteiger partial charge < -0.3 is 0 Å². The van der Waals surface area contributed by atoms with Crippen LogP contribution < -0.4 is 0 Å². The predicted octanol–water partition coefficient (Wildman–Crippen LogP) is 5.51. The van der Waals surface area contributed by atoms with Gasteiger partial charge in [-0.25, -0.2) is 0 Å². The van der Waals surface area contributed by atoms with Gasteiger partial charge in [-0.1, -0.05) is 42.3 Å². The van der Waals surface area contributed by atoms with E-state index in [1.165, 1.54) is 56.9 Å². The molecule has 1 aromatic carbocycles. The Bertz CT molecular complexity index is 545. The molecule has 2 fully saturated rings. The lowest BCUT2D eigenvalue weighted by Crippen LogP contribution is -2.09. The minimum absolute atomic E-state index is 0.777. The highest BCUT2D eigenvalue weighted by atomic mass is 14.4. The Morgan fingerprint density at radius 3 is 2.32 bits per heavy atom. The fourth-order valence-electron chi connectivity index (χ4n) is 4.45. The fraction of sp³-hybridized carbons (Fsp3) is 0.474. The topological polar surface area (TPSA) is 0 Å². The summed E-state index contributed by atoms with van der Waals surface area (Å²) < 4.78 is 0. The minimum Gasteiger partial charge on any atom is -0.0622 e. The lowest BCUT2D eigenvalue weighted by molar-refractivity contribution is 0.529. The lowest BCUT2D eigenvalue weighted by Gasteiger charge is -2.25. The van der Waals surface area contributed by atoms with E-state index in [2.05, 4.69) is 30.3 Å². The van der Waals surface area contributed by atoms with E-state index in [9.17, 15) is 0 Å². The van der Waals surface area contributed by atoms with Gasteiger partial charge in [-0.2, -0.15) is 0 Å².